The average molecular weight is 331 g/mol. The number of benzene rings is 2. The number of carbonyl (C=O) groups is 2. The predicted octanol–water partition coefficient (Wildman–Crippen LogP) is 3.30. The highest BCUT2D eigenvalue weighted by molar-refractivity contribution is 6.01. The first-order chi connectivity index (χ1) is 12.2. The van der Waals surface area contributed by atoms with Crippen LogP contribution in [0, 0.1) is 0 Å². The quantitative estimate of drug-likeness (QED) is 0.773. The molecule has 1 aliphatic heterocycles. The van der Waals surface area contributed by atoms with Crippen molar-refractivity contribution in [2.75, 3.05) is 10.6 Å². The fourth-order valence-electron chi connectivity index (χ4n) is 3.13. The molecule has 0 radical (unpaired) electrons. The zero-order valence-corrected chi connectivity index (χ0v) is 13.6. The molecule has 1 aliphatic rings. The molecule has 0 bridgehead atoms. The molecule has 3 aromatic rings. The van der Waals surface area contributed by atoms with Gasteiger partial charge in [-0.15, -0.1) is 0 Å². The summed E-state index contributed by atoms with van der Waals surface area (Å²) in [5.41, 5.74) is 4.36. The maximum Gasteiger partial charge on any atom is 0.228 e. The summed E-state index contributed by atoms with van der Waals surface area (Å²) in [6.07, 6.45) is 3.20. The number of aryl methyl sites for hydroxylation is 1. The molecule has 25 heavy (non-hydrogen) atoms. The summed E-state index contributed by atoms with van der Waals surface area (Å²) in [6, 6.07) is 15.3. The number of nitrogens with one attached hydrogen (secondary N) is 2. The molecule has 5 nitrogen and oxygen atoms in total. The number of pyridine rings is 1. The normalized spacial score (nSPS) is 13.2. The number of hydrogen-bond acceptors (Lipinski definition) is 3. The number of fused-ring (bicyclic) bond motifs is 2. The van der Waals surface area contributed by atoms with Gasteiger partial charge in [0.1, 0.15) is 0 Å². The first kappa shape index (κ1) is 15.3. The molecule has 4 rings (SSSR count). The van der Waals surface area contributed by atoms with Crippen LogP contribution in [-0.4, -0.2) is 16.8 Å². The molecule has 2 aromatic carbocycles. The van der Waals surface area contributed by atoms with E-state index in [2.05, 4.69) is 15.6 Å². The van der Waals surface area contributed by atoms with Crippen LogP contribution in [0.15, 0.2) is 54.7 Å². The Labute approximate surface area is 145 Å². The maximum atomic E-state index is 12.4. The minimum atomic E-state index is -0.0852. The molecule has 0 saturated heterocycles. The molecule has 0 spiro atoms. The van der Waals surface area contributed by atoms with Crippen LogP contribution in [-0.2, 0) is 22.4 Å². The lowest BCUT2D eigenvalue weighted by atomic mass is 9.99. The van der Waals surface area contributed by atoms with E-state index >= 15 is 0 Å². The van der Waals surface area contributed by atoms with E-state index in [0.717, 1.165) is 27.7 Å². The number of aromatic nitrogens is 1. The van der Waals surface area contributed by atoms with Crippen LogP contribution in [0.4, 0.5) is 11.4 Å². The van der Waals surface area contributed by atoms with Gasteiger partial charge in [0.15, 0.2) is 0 Å². The van der Waals surface area contributed by atoms with Crippen LogP contribution in [0.5, 0.6) is 0 Å². The standard InChI is InChI=1S/C20H17N3O2/c24-18-9-7-15-11-13(6-8-16(15)22-18)12-19(25)23-17-5-1-3-14-4-2-10-21-20(14)17/h1-6,8,10-11H,7,9,12H2,(H,22,24)(H,23,25). The fourth-order valence-corrected chi connectivity index (χ4v) is 3.13. The number of anilines is 2. The van der Waals surface area contributed by atoms with Gasteiger partial charge in [-0.1, -0.05) is 30.3 Å². The Kier molecular flexibility index (Phi) is 3.90. The lowest BCUT2D eigenvalue weighted by Crippen LogP contribution is -2.19. The van der Waals surface area contributed by atoms with Gasteiger partial charge in [0.25, 0.3) is 0 Å². The van der Waals surface area contributed by atoms with Crippen molar-refractivity contribution < 1.29 is 9.59 Å². The van der Waals surface area contributed by atoms with Crippen LogP contribution in [0.3, 0.4) is 0 Å². The number of rotatable bonds is 3. The molecule has 0 atom stereocenters. The van der Waals surface area contributed by atoms with Gasteiger partial charge in [0.2, 0.25) is 11.8 Å². The molecular formula is C20H17N3O2. The number of amides is 2. The SMILES string of the molecule is O=C1CCc2cc(CC(=O)Nc3cccc4cccnc34)ccc2N1. The van der Waals surface area contributed by atoms with Crippen LogP contribution in [0.1, 0.15) is 17.5 Å². The monoisotopic (exact) mass is 331 g/mol. The summed E-state index contributed by atoms with van der Waals surface area (Å²) >= 11 is 0. The van der Waals surface area contributed by atoms with Crippen LogP contribution < -0.4 is 10.6 Å². The summed E-state index contributed by atoms with van der Waals surface area (Å²) in [4.78, 5) is 28.2. The number of para-hydroxylation sites is 1. The van der Waals surface area contributed by atoms with Crippen molar-refractivity contribution in [2.45, 2.75) is 19.3 Å². The Balaban J connectivity index is 1.51. The van der Waals surface area contributed by atoms with Gasteiger partial charge in [-0.05, 0) is 35.7 Å². The molecule has 5 heteroatoms. The molecule has 124 valence electrons. The van der Waals surface area contributed by atoms with E-state index in [1.54, 1.807) is 6.20 Å². The fraction of sp³-hybridized carbons (Fsp3) is 0.150. The zero-order valence-electron chi connectivity index (χ0n) is 13.6. The number of nitrogens with zero attached hydrogens (tertiary/aromatic N) is 1. The Morgan fingerprint density at radius 2 is 2.00 bits per heavy atom. The highest BCUT2D eigenvalue weighted by atomic mass is 16.2. The Hall–Kier alpha value is -3.21. The van der Waals surface area contributed by atoms with E-state index in [1.165, 1.54) is 0 Å². The van der Waals surface area contributed by atoms with E-state index in [9.17, 15) is 9.59 Å². The van der Waals surface area contributed by atoms with Crippen molar-refractivity contribution >= 4 is 34.1 Å². The number of hydrogen-bond donors (Lipinski definition) is 2. The zero-order chi connectivity index (χ0) is 17.2. The first-order valence-corrected chi connectivity index (χ1v) is 8.24. The summed E-state index contributed by atoms with van der Waals surface area (Å²) in [5.74, 6) is -0.0422. The van der Waals surface area contributed by atoms with E-state index in [-0.39, 0.29) is 18.2 Å². The largest absolute Gasteiger partial charge is 0.326 e. The molecule has 2 N–H and O–H groups in total. The minimum absolute atomic E-state index is 0.0430. The van der Waals surface area contributed by atoms with Gasteiger partial charge in [0.05, 0.1) is 17.6 Å². The molecular weight excluding hydrogens is 314 g/mol. The highest BCUT2D eigenvalue weighted by Crippen LogP contribution is 2.24. The van der Waals surface area contributed by atoms with Gasteiger partial charge in [-0.25, -0.2) is 0 Å². The van der Waals surface area contributed by atoms with Gasteiger partial charge in [0, 0.05) is 23.7 Å². The lowest BCUT2D eigenvalue weighted by molar-refractivity contribution is -0.117. The second-order valence-electron chi connectivity index (χ2n) is 6.15. The molecule has 2 heterocycles. The molecule has 0 aliphatic carbocycles. The maximum absolute atomic E-state index is 12.4. The van der Waals surface area contributed by atoms with Crippen LogP contribution in [0.2, 0.25) is 0 Å². The second-order valence-corrected chi connectivity index (χ2v) is 6.15. The summed E-state index contributed by atoms with van der Waals surface area (Å²) in [7, 11) is 0. The molecule has 1 aromatic heterocycles. The summed E-state index contributed by atoms with van der Waals surface area (Å²) < 4.78 is 0. The second kappa shape index (κ2) is 6.36. The lowest BCUT2D eigenvalue weighted by Gasteiger charge is -2.17. The molecule has 0 fully saturated rings. The van der Waals surface area contributed by atoms with E-state index in [4.69, 9.17) is 0 Å². The van der Waals surface area contributed by atoms with Crippen molar-refractivity contribution in [1.29, 1.82) is 0 Å². The first-order valence-electron chi connectivity index (χ1n) is 8.24. The predicted molar refractivity (Wildman–Crippen MR) is 97.5 cm³/mol. The van der Waals surface area contributed by atoms with Crippen molar-refractivity contribution in [3.8, 4) is 0 Å². The smallest absolute Gasteiger partial charge is 0.228 e. The minimum Gasteiger partial charge on any atom is -0.326 e. The van der Waals surface area contributed by atoms with Crippen molar-refractivity contribution in [3.63, 3.8) is 0 Å². The molecule has 2 amide bonds. The molecule has 0 saturated carbocycles. The highest BCUT2D eigenvalue weighted by Gasteiger charge is 2.15. The summed E-state index contributed by atoms with van der Waals surface area (Å²) in [5, 5.41) is 6.79. The third kappa shape index (κ3) is 3.21. The van der Waals surface area contributed by atoms with Crippen molar-refractivity contribution in [2.24, 2.45) is 0 Å². The van der Waals surface area contributed by atoms with E-state index in [0.29, 0.717) is 18.5 Å². The van der Waals surface area contributed by atoms with Gasteiger partial charge < -0.3 is 10.6 Å². The molecule has 0 unspecified atom stereocenters. The van der Waals surface area contributed by atoms with E-state index in [1.807, 2.05) is 48.5 Å². The van der Waals surface area contributed by atoms with Gasteiger partial charge in [-0.3, -0.25) is 14.6 Å². The topological polar surface area (TPSA) is 71.1 Å². The average Bonchev–Trinajstić information content (AvgIpc) is 2.62. The Morgan fingerprint density at radius 1 is 1.12 bits per heavy atom. The third-order valence-electron chi connectivity index (χ3n) is 4.34. The van der Waals surface area contributed by atoms with Crippen LogP contribution in [0.25, 0.3) is 10.9 Å². The summed E-state index contributed by atoms with van der Waals surface area (Å²) in [6.45, 7) is 0. The van der Waals surface area contributed by atoms with E-state index < -0.39 is 0 Å². The van der Waals surface area contributed by atoms with Crippen molar-refractivity contribution in [1.82, 2.24) is 4.98 Å². The Bertz CT molecular complexity index is 976. The van der Waals surface area contributed by atoms with Crippen LogP contribution >= 0.6 is 0 Å². The Morgan fingerprint density at radius 3 is 2.92 bits per heavy atom. The van der Waals surface area contributed by atoms with Gasteiger partial charge >= 0.3 is 0 Å². The third-order valence-corrected chi connectivity index (χ3v) is 4.34. The van der Waals surface area contributed by atoms with Crippen molar-refractivity contribution in [3.05, 3.63) is 65.9 Å². The van der Waals surface area contributed by atoms with Gasteiger partial charge in [-0.2, -0.15) is 0 Å². The number of carbonyl (C=O) groups excluding carboxylic acids is 2.